The van der Waals surface area contributed by atoms with E-state index in [1.165, 1.54) is 12.1 Å². The van der Waals surface area contributed by atoms with Crippen LogP contribution < -0.4 is 14.5 Å². The summed E-state index contributed by atoms with van der Waals surface area (Å²) in [6, 6.07) is 12.9. The third kappa shape index (κ3) is 6.60. The van der Waals surface area contributed by atoms with Crippen molar-refractivity contribution < 1.29 is 27.5 Å². The van der Waals surface area contributed by atoms with Gasteiger partial charge in [-0.1, -0.05) is 17.7 Å². The van der Waals surface area contributed by atoms with E-state index in [9.17, 15) is 18.0 Å². The second kappa shape index (κ2) is 11.8. The summed E-state index contributed by atoms with van der Waals surface area (Å²) in [7, 11) is -4.07. The van der Waals surface area contributed by atoms with Gasteiger partial charge in [0.25, 0.3) is 15.9 Å². The summed E-state index contributed by atoms with van der Waals surface area (Å²) in [5.74, 6) is -0.926. The number of sulfonamides is 1. The maximum Gasteiger partial charge on any atom is 0.314 e. The van der Waals surface area contributed by atoms with Crippen LogP contribution >= 0.6 is 0 Å². The minimum atomic E-state index is -4.07. The van der Waals surface area contributed by atoms with Crippen LogP contribution in [0.25, 0.3) is 0 Å². The Bertz CT molecular complexity index is 1160. The van der Waals surface area contributed by atoms with Crippen LogP contribution in [0.15, 0.2) is 58.5 Å². The predicted octanol–water partition coefficient (Wildman–Crippen LogP) is 3.42. The fraction of sp³-hybridized carbons (Fsp3) is 0.400. The predicted molar refractivity (Wildman–Crippen MR) is 133 cm³/mol. The number of aryl methyl sites for hydroxylation is 1. The second-order valence-electron chi connectivity index (χ2n) is 8.09. The molecule has 0 heterocycles. The van der Waals surface area contributed by atoms with E-state index in [2.05, 4.69) is 10.5 Å². The van der Waals surface area contributed by atoms with E-state index in [4.69, 9.17) is 9.47 Å². The molecule has 2 aromatic carbocycles. The first-order valence-electron chi connectivity index (χ1n) is 11.6. The molecule has 9 nitrogen and oxygen atoms in total. The Hall–Kier alpha value is -3.40. The third-order valence-electron chi connectivity index (χ3n) is 5.56. The van der Waals surface area contributed by atoms with Gasteiger partial charge in [-0.25, -0.2) is 13.8 Å². The number of hydrogen-bond donors (Lipinski definition) is 1. The summed E-state index contributed by atoms with van der Waals surface area (Å²) in [6.07, 6.45) is 1.94. The zero-order valence-electron chi connectivity index (χ0n) is 20.2. The van der Waals surface area contributed by atoms with E-state index in [1.807, 2.05) is 13.8 Å². The monoisotopic (exact) mass is 501 g/mol. The lowest BCUT2D eigenvalue weighted by molar-refractivity contribution is -0.145. The Labute approximate surface area is 206 Å². The quantitative estimate of drug-likeness (QED) is 0.394. The highest BCUT2D eigenvalue weighted by atomic mass is 32.2. The Morgan fingerprint density at radius 1 is 1.06 bits per heavy atom. The Kier molecular flexibility index (Phi) is 8.86. The van der Waals surface area contributed by atoms with Gasteiger partial charge in [0, 0.05) is 0 Å². The molecule has 1 saturated carbocycles. The molecule has 1 aliphatic carbocycles. The molecule has 1 unspecified atom stereocenters. The first-order chi connectivity index (χ1) is 16.8. The van der Waals surface area contributed by atoms with Crippen LogP contribution in [0.5, 0.6) is 5.75 Å². The average molecular weight is 502 g/mol. The molecule has 1 fully saturated rings. The summed E-state index contributed by atoms with van der Waals surface area (Å²) in [5.41, 5.74) is 4.26. The Balaban J connectivity index is 1.83. The highest BCUT2D eigenvalue weighted by Gasteiger charge is 2.31. The van der Waals surface area contributed by atoms with E-state index in [-0.39, 0.29) is 17.5 Å². The SMILES string of the molecule is CCOC(=O)C1CCCC1=NNC(=O)CN(c1ccc(C)cc1)S(=O)(=O)c1ccc(OCC)cc1. The number of nitrogens with one attached hydrogen (secondary N) is 1. The van der Waals surface area contributed by atoms with Crippen LogP contribution in [0.4, 0.5) is 5.69 Å². The highest BCUT2D eigenvalue weighted by molar-refractivity contribution is 7.92. The van der Waals surface area contributed by atoms with E-state index in [0.717, 1.165) is 16.3 Å². The molecule has 1 amide bonds. The van der Waals surface area contributed by atoms with Crippen LogP contribution in [0, 0.1) is 12.8 Å². The minimum absolute atomic E-state index is 0.0267. The van der Waals surface area contributed by atoms with Gasteiger partial charge in [0.1, 0.15) is 12.3 Å². The van der Waals surface area contributed by atoms with Crippen molar-refractivity contribution in [2.75, 3.05) is 24.1 Å². The summed E-state index contributed by atoms with van der Waals surface area (Å²) in [6.45, 7) is 5.70. The smallest absolute Gasteiger partial charge is 0.314 e. The number of hydrogen-bond acceptors (Lipinski definition) is 7. The van der Waals surface area contributed by atoms with Crippen molar-refractivity contribution in [1.82, 2.24) is 5.43 Å². The number of ether oxygens (including phenoxy) is 2. The van der Waals surface area contributed by atoms with Crippen molar-refractivity contribution in [3.05, 3.63) is 54.1 Å². The number of anilines is 1. The van der Waals surface area contributed by atoms with E-state index >= 15 is 0 Å². The van der Waals surface area contributed by atoms with Gasteiger partial charge >= 0.3 is 5.97 Å². The number of hydrazone groups is 1. The average Bonchev–Trinajstić information content (AvgIpc) is 3.31. The number of carbonyl (C=O) groups is 2. The van der Waals surface area contributed by atoms with E-state index in [0.29, 0.717) is 36.6 Å². The fourth-order valence-electron chi connectivity index (χ4n) is 3.79. The number of amides is 1. The van der Waals surface area contributed by atoms with Crippen LogP contribution in [0.1, 0.15) is 38.7 Å². The molecule has 0 bridgehead atoms. The first kappa shape index (κ1) is 26.2. The molecule has 2 aromatic rings. The molecule has 0 aromatic heterocycles. The molecular formula is C25H31N3O6S. The van der Waals surface area contributed by atoms with Gasteiger partial charge in [-0.2, -0.15) is 5.10 Å². The summed E-state index contributed by atoms with van der Waals surface area (Å²) >= 11 is 0. The molecule has 0 spiro atoms. The molecule has 1 aliphatic rings. The zero-order chi connectivity index (χ0) is 25.4. The lowest BCUT2D eigenvalue weighted by atomic mass is 10.1. The van der Waals surface area contributed by atoms with Crippen molar-refractivity contribution in [3.63, 3.8) is 0 Å². The number of carbonyl (C=O) groups excluding carboxylic acids is 2. The van der Waals surface area contributed by atoms with E-state index in [1.54, 1.807) is 43.3 Å². The molecule has 0 radical (unpaired) electrons. The van der Waals surface area contributed by atoms with Crippen LogP contribution in [-0.4, -0.2) is 45.8 Å². The summed E-state index contributed by atoms with van der Waals surface area (Å²) in [5, 5.41) is 4.13. The molecular weight excluding hydrogens is 470 g/mol. The highest BCUT2D eigenvalue weighted by Crippen LogP contribution is 2.26. The van der Waals surface area contributed by atoms with Gasteiger partial charge in [-0.05, 0) is 76.4 Å². The molecule has 188 valence electrons. The Morgan fingerprint density at radius 2 is 1.74 bits per heavy atom. The number of nitrogens with zero attached hydrogens (tertiary/aromatic N) is 2. The van der Waals surface area contributed by atoms with Crippen molar-refractivity contribution in [2.24, 2.45) is 11.0 Å². The van der Waals surface area contributed by atoms with Gasteiger partial charge in [0.05, 0.1) is 35.4 Å². The van der Waals surface area contributed by atoms with Crippen molar-refractivity contribution in [2.45, 2.75) is 44.9 Å². The first-order valence-corrected chi connectivity index (χ1v) is 13.0. The maximum atomic E-state index is 13.5. The molecule has 35 heavy (non-hydrogen) atoms. The summed E-state index contributed by atoms with van der Waals surface area (Å²) < 4.78 is 38.5. The summed E-state index contributed by atoms with van der Waals surface area (Å²) in [4.78, 5) is 25.0. The van der Waals surface area contributed by atoms with Crippen molar-refractivity contribution >= 4 is 33.3 Å². The molecule has 1 N–H and O–H groups in total. The van der Waals surface area contributed by atoms with Gasteiger partial charge in [-0.15, -0.1) is 0 Å². The topological polar surface area (TPSA) is 114 Å². The van der Waals surface area contributed by atoms with Crippen molar-refractivity contribution in [3.8, 4) is 5.75 Å². The second-order valence-corrected chi connectivity index (χ2v) is 9.95. The lowest BCUT2D eigenvalue weighted by Crippen LogP contribution is -2.40. The molecule has 10 heteroatoms. The molecule has 3 rings (SSSR count). The van der Waals surface area contributed by atoms with Crippen LogP contribution in [0.3, 0.4) is 0 Å². The number of benzene rings is 2. The van der Waals surface area contributed by atoms with Gasteiger partial charge in [-0.3, -0.25) is 13.9 Å². The lowest BCUT2D eigenvalue weighted by Gasteiger charge is -2.24. The number of esters is 1. The third-order valence-corrected chi connectivity index (χ3v) is 7.34. The van der Waals surface area contributed by atoms with Crippen molar-refractivity contribution in [1.29, 1.82) is 0 Å². The standard InChI is InChI=1S/C25H31N3O6S/c1-4-33-20-13-15-21(16-14-20)35(31,32)28(19-11-9-18(3)10-12-19)17-24(29)27-26-23-8-6-7-22(23)25(30)34-5-2/h9-16,22H,4-8,17H2,1-3H3,(H,27,29). The Morgan fingerprint density at radius 3 is 2.37 bits per heavy atom. The maximum absolute atomic E-state index is 13.5. The van der Waals surface area contributed by atoms with Gasteiger partial charge in [0.15, 0.2) is 0 Å². The minimum Gasteiger partial charge on any atom is -0.494 e. The fourth-order valence-corrected chi connectivity index (χ4v) is 5.21. The van der Waals surface area contributed by atoms with Gasteiger partial charge in [0.2, 0.25) is 0 Å². The number of rotatable bonds is 10. The molecule has 0 aliphatic heterocycles. The van der Waals surface area contributed by atoms with Crippen LogP contribution in [-0.2, 0) is 24.3 Å². The van der Waals surface area contributed by atoms with E-state index < -0.39 is 28.4 Å². The molecule has 1 atom stereocenters. The normalized spacial score (nSPS) is 16.7. The largest absolute Gasteiger partial charge is 0.494 e. The zero-order valence-corrected chi connectivity index (χ0v) is 21.0. The van der Waals surface area contributed by atoms with Crippen LogP contribution in [0.2, 0.25) is 0 Å². The molecule has 0 saturated heterocycles. The van der Waals surface area contributed by atoms with Gasteiger partial charge < -0.3 is 9.47 Å².